The highest BCUT2D eigenvalue weighted by Gasteiger charge is 2.18. The SMILES string of the molecule is CCCCOCCCCCCCCCCCCCc1ccc(O)c(O)c1C(=O)O. The van der Waals surface area contributed by atoms with Crippen LogP contribution in [0, 0.1) is 0 Å². The summed E-state index contributed by atoms with van der Waals surface area (Å²) in [6.07, 6.45) is 16.3. The number of benzene rings is 1. The van der Waals surface area contributed by atoms with Crippen molar-refractivity contribution in [3.63, 3.8) is 0 Å². The number of phenolic OH excluding ortho intramolecular Hbond substituents is 1. The lowest BCUT2D eigenvalue weighted by molar-refractivity contribution is 0.0691. The molecule has 0 saturated heterocycles. The lowest BCUT2D eigenvalue weighted by Gasteiger charge is -2.09. The van der Waals surface area contributed by atoms with E-state index in [9.17, 15) is 20.1 Å². The molecule has 0 saturated carbocycles. The van der Waals surface area contributed by atoms with Crippen LogP contribution < -0.4 is 0 Å². The van der Waals surface area contributed by atoms with Crippen molar-refractivity contribution in [1.82, 2.24) is 0 Å². The smallest absolute Gasteiger partial charge is 0.339 e. The molecule has 0 aliphatic carbocycles. The Morgan fingerprint density at radius 3 is 1.86 bits per heavy atom. The molecule has 0 atom stereocenters. The molecule has 166 valence electrons. The van der Waals surface area contributed by atoms with Gasteiger partial charge in [-0.3, -0.25) is 0 Å². The van der Waals surface area contributed by atoms with Crippen molar-refractivity contribution >= 4 is 5.97 Å². The number of carbonyl (C=O) groups is 1. The molecule has 0 heterocycles. The molecule has 5 nitrogen and oxygen atoms in total. The lowest BCUT2D eigenvalue weighted by Crippen LogP contribution is -2.03. The number of aromatic hydroxyl groups is 2. The zero-order valence-corrected chi connectivity index (χ0v) is 18.1. The summed E-state index contributed by atoms with van der Waals surface area (Å²) in [6.45, 7) is 4.01. The minimum atomic E-state index is -1.20. The van der Waals surface area contributed by atoms with Gasteiger partial charge in [-0.25, -0.2) is 4.79 Å². The molecule has 5 heteroatoms. The van der Waals surface area contributed by atoms with E-state index in [-0.39, 0.29) is 11.3 Å². The van der Waals surface area contributed by atoms with Crippen LogP contribution in [0.15, 0.2) is 12.1 Å². The van der Waals surface area contributed by atoms with Gasteiger partial charge in [-0.2, -0.15) is 0 Å². The van der Waals surface area contributed by atoms with Crippen LogP contribution in [0.2, 0.25) is 0 Å². The molecule has 0 amide bonds. The van der Waals surface area contributed by atoms with E-state index < -0.39 is 11.7 Å². The van der Waals surface area contributed by atoms with Gasteiger partial charge in [-0.05, 0) is 37.3 Å². The minimum absolute atomic E-state index is 0.169. The number of carboxylic acid groups (broad SMARTS) is 1. The van der Waals surface area contributed by atoms with Gasteiger partial charge in [-0.15, -0.1) is 0 Å². The zero-order valence-electron chi connectivity index (χ0n) is 18.1. The topological polar surface area (TPSA) is 87.0 Å². The van der Waals surface area contributed by atoms with Crippen molar-refractivity contribution in [2.24, 2.45) is 0 Å². The Labute approximate surface area is 176 Å². The molecule has 1 aromatic rings. The first-order valence-corrected chi connectivity index (χ1v) is 11.4. The standard InChI is InChI=1S/C24H40O5/c1-2-3-18-29-19-14-12-10-8-6-4-5-7-9-11-13-15-20-16-17-21(25)23(26)22(20)24(27)28/h16-17,25-26H,2-15,18-19H2,1H3,(H,27,28). The van der Waals surface area contributed by atoms with E-state index in [0.29, 0.717) is 12.0 Å². The van der Waals surface area contributed by atoms with E-state index in [1.807, 2.05) is 0 Å². The fourth-order valence-corrected chi connectivity index (χ4v) is 3.53. The summed E-state index contributed by atoms with van der Waals surface area (Å²) in [4.78, 5) is 11.3. The number of hydrogen-bond acceptors (Lipinski definition) is 4. The molecule has 0 spiro atoms. The molecule has 0 aliphatic heterocycles. The maximum atomic E-state index is 11.3. The predicted octanol–water partition coefficient (Wildman–Crippen LogP) is 6.45. The first-order valence-electron chi connectivity index (χ1n) is 11.4. The zero-order chi connectivity index (χ0) is 21.3. The quantitative estimate of drug-likeness (QED) is 0.192. The van der Waals surface area contributed by atoms with Crippen molar-refractivity contribution in [2.45, 2.75) is 96.8 Å². The van der Waals surface area contributed by atoms with Crippen LogP contribution in [0.1, 0.15) is 106 Å². The Morgan fingerprint density at radius 1 is 0.793 bits per heavy atom. The van der Waals surface area contributed by atoms with E-state index in [2.05, 4.69) is 6.92 Å². The number of aryl methyl sites for hydroxylation is 1. The summed E-state index contributed by atoms with van der Waals surface area (Å²) < 4.78 is 5.57. The van der Waals surface area contributed by atoms with Gasteiger partial charge in [0.25, 0.3) is 0 Å². The van der Waals surface area contributed by atoms with Crippen LogP contribution >= 0.6 is 0 Å². The summed E-state index contributed by atoms with van der Waals surface area (Å²) in [5, 5.41) is 28.4. The maximum Gasteiger partial charge on any atom is 0.339 e. The van der Waals surface area contributed by atoms with Gasteiger partial charge in [-0.1, -0.05) is 77.2 Å². The average Bonchev–Trinajstić information content (AvgIpc) is 2.70. The van der Waals surface area contributed by atoms with E-state index >= 15 is 0 Å². The Hall–Kier alpha value is -1.75. The average molecular weight is 409 g/mol. The number of hydrogen-bond donors (Lipinski definition) is 3. The number of phenols is 2. The summed E-state index contributed by atoms with van der Waals surface area (Å²) >= 11 is 0. The second-order valence-corrected chi connectivity index (χ2v) is 7.88. The first-order chi connectivity index (χ1) is 14.1. The second kappa shape index (κ2) is 16.1. The highest BCUT2D eigenvalue weighted by Crippen LogP contribution is 2.32. The van der Waals surface area contributed by atoms with E-state index in [1.54, 1.807) is 6.07 Å². The third-order valence-corrected chi connectivity index (χ3v) is 5.33. The van der Waals surface area contributed by atoms with E-state index in [1.165, 1.54) is 70.3 Å². The van der Waals surface area contributed by atoms with Crippen LogP contribution in [-0.2, 0) is 11.2 Å². The molecule has 1 rings (SSSR count). The van der Waals surface area contributed by atoms with Crippen molar-refractivity contribution in [2.75, 3.05) is 13.2 Å². The third kappa shape index (κ3) is 11.1. The Kier molecular flexibility index (Phi) is 14.0. The summed E-state index contributed by atoms with van der Waals surface area (Å²) in [7, 11) is 0. The van der Waals surface area contributed by atoms with E-state index in [4.69, 9.17) is 4.74 Å². The molecule has 0 aliphatic rings. The summed E-state index contributed by atoms with van der Waals surface area (Å²) in [5.41, 5.74) is 0.418. The minimum Gasteiger partial charge on any atom is -0.504 e. The normalized spacial score (nSPS) is 11.1. The van der Waals surface area contributed by atoms with Gasteiger partial charge < -0.3 is 20.1 Å². The van der Waals surface area contributed by atoms with Gasteiger partial charge >= 0.3 is 5.97 Å². The highest BCUT2D eigenvalue weighted by atomic mass is 16.5. The monoisotopic (exact) mass is 408 g/mol. The van der Waals surface area contributed by atoms with Gasteiger partial charge in [0.15, 0.2) is 11.5 Å². The van der Waals surface area contributed by atoms with Crippen molar-refractivity contribution in [3.8, 4) is 11.5 Å². The number of rotatable bonds is 18. The number of unbranched alkanes of at least 4 members (excludes halogenated alkanes) is 11. The van der Waals surface area contributed by atoms with Gasteiger partial charge in [0.2, 0.25) is 0 Å². The molecule has 0 radical (unpaired) electrons. The third-order valence-electron chi connectivity index (χ3n) is 5.33. The highest BCUT2D eigenvalue weighted by molar-refractivity contribution is 5.93. The molecular formula is C24H40O5. The van der Waals surface area contributed by atoms with Gasteiger partial charge in [0.05, 0.1) is 0 Å². The van der Waals surface area contributed by atoms with Gasteiger partial charge in [0, 0.05) is 13.2 Å². The van der Waals surface area contributed by atoms with Crippen LogP contribution in [0.25, 0.3) is 0 Å². The molecule has 1 aromatic carbocycles. The van der Waals surface area contributed by atoms with Crippen LogP contribution in [-0.4, -0.2) is 34.5 Å². The van der Waals surface area contributed by atoms with Crippen molar-refractivity contribution in [3.05, 3.63) is 23.3 Å². The number of aromatic carboxylic acids is 1. The fourth-order valence-electron chi connectivity index (χ4n) is 3.53. The van der Waals surface area contributed by atoms with Gasteiger partial charge in [0.1, 0.15) is 5.56 Å². The first kappa shape index (κ1) is 25.3. The predicted molar refractivity (Wildman–Crippen MR) is 117 cm³/mol. The lowest BCUT2D eigenvalue weighted by atomic mass is 9.99. The Bertz CT molecular complexity index is 571. The second-order valence-electron chi connectivity index (χ2n) is 7.88. The molecule has 3 N–H and O–H groups in total. The summed E-state index contributed by atoms with van der Waals surface area (Å²) in [5.74, 6) is -2.11. The van der Waals surface area contributed by atoms with Crippen LogP contribution in [0.4, 0.5) is 0 Å². The van der Waals surface area contributed by atoms with Crippen LogP contribution in [0.3, 0.4) is 0 Å². The Balaban J connectivity index is 1.97. The molecule has 29 heavy (non-hydrogen) atoms. The number of carboxylic acids is 1. The Morgan fingerprint density at radius 2 is 1.31 bits per heavy atom. The molecule has 0 aromatic heterocycles. The fraction of sp³-hybridized carbons (Fsp3) is 0.708. The molecule has 0 bridgehead atoms. The van der Waals surface area contributed by atoms with Crippen molar-refractivity contribution in [1.29, 1.82) is 0 Å². The molecule has 0 unspecified atom stereocenters. The maximum absolute atomic E-state index is 11.3. The number of ether oxygens (including phenoxy) is 1. The van der Waals surface area contributed by atoms with Crippen LogP contribution in [0.5, 0.6) is 11.5 Å². The molecule has 0 fully saturated rings. The molecular weight excluding hydrogens is 368 g/mol. The van der Waals surface area contributed by atoms with Crippen molar-refractivity contribution < 1.29 is 24.9 Å². The largest absolute Gasteiger partial charge is 0.504 e. The summed E-state index contributed by atoms with van der Waals surface area (Å²) in [6, 6.07) is 2.95. The van der Waals surface area contributed by atoms with E-state index in [0.717, 1.165) is 32.5 Å².